The van der Waals surface area contributed by atoms with Crippen LogP contribution < -0.4 is 9.64 Å². The number of hydrogen-bond donors (Lipinski definition) is 0. The van der Waals surface area contributed by atoms with E-state index in [2.05, 4.69) is 83.8 Å². The molecule has 2 nitrogen and oxygen atoms in total. The third-order valence-corrected chi connectivity index (χ3v) is 6.77. The molecule has 2 heteroatoms. The van der Waals surface area contributed by atoms with Gasteiger partial charge in [-0.05, 0) is 60.6 Å². The molecule has 1 unspecified atom stereocenters. The van der Waals surface area contributed by atoms with Gasteiger partial charge in [0.1, 0.15) is 5.75 Å². The minimum atomic E-state index is -0.166. The van der Waals surface area contributed by atoms with Crippen molar-refractivity contribution in [3.05, 3.63) is 101 Å². The second kappa shape index (κ2) is 8.02. The van der Waals surface area contributed by atoms with E-state index in [9.17, 15) is 0 Å². The smallest absolute Gasteiger partial charge is 0.126 e. The fraction of sp³-hybridized carbons (Fsp3) is 0.286. The summed E-state index contributed by atoms with van der Waals surface area (Å²) in [4.78, 5) is 2.53. The molecule has 0 radical (unpaired) electrons. The lowest BCUT2D eigenvalue weighted by Crippen LogP contribution is -2.31. The van der Waals surface area contributed by atoms with Crippen molar-refractivity contribution < 1.29 is 4.74 Å². The minimum Gasteiger partial charge on any atom is -0.496 e. The summed E-state index contributed by atoms with van der Waals surface area (Å²) >= 11 is 0. The topological polar surface area (TPSA) is 12.5 Å². The molecule has 0 amide bonds. The van der Waals surface area contributed by atoms with Crippen molar-refractivity contribution in [1.29, 1.82) is 0 Å². The van der Waals surface area contributed by atoms with Crippen LogP contribution in [0.1, 0.15) is 41.5 Å². The molecule has 3 aromatic carbocycles. The largest absolute Gasteiger partial charge is 0.496 e. The Labute approximate surface area is 179 Å². The Morgan fingerprint density at radius 1 is 0.767 bits per heavy atom. The molecule has 0 aromatic heterocycles. The molecule has 0 spiro atoms. The van der Waals surface area contributed by atoms with E-state index in [1.54, 1.807) is 7.11 Å². The third kappa shape index (κ3) is 3.31. The number of benzene rings is 3. The summed E-state index contributed by atoms with van der Waals surface area (Å²) in [6, 6.07) is 26.6. The van der Waals surface area contributed by atoms with Gasteiger partial charge in [-0.1, -0.05) is 66.7 Å². The zero-order chi connectivity index (χ0) is 20.4. The van der Waals surface area contributed by atoms with Gasteiger partial charge in [0.05, 0.1) is 7.11 Å². The number of piperidine rings is 1. The first-order valence-corrected chi connectivity index (χ1v) is 11.1. The van der Waals surface area contributed by atoms with Crippen molar-refractivity contribution in [2.75, 3.05) is 25.1 Å². The summed E-state index contributed by atoms with van der Waals surface area (Å²) in [5.41, 5.74) is 6.40. The molecule has 2 aliphatic rings. The number of nitrogens with zero attached hydrogens (tertiary/aromatic N) is 1. The van der Waals surface area contributed by atoms with Crippen LogP contribution in [0.5, 0.6) is 5.75 Å². The van der Waals surface area contributed by atoms with Gasteiger partial charge in [0.25, 0.3) is 0 Å². The third-order valence-electron chi connectivity index (χ3n) is 6.77. The number of allylic oxidation sites excluding steroid dienone is 1. The van der Waals surface area contributed by atoms with E-state index in [-0.39, 0.29) is 5.41 Å². The molecule has 0 saturated carbocycles. The monoisotopic (exact) mass is 395 g/mol. The van der Waals surface area contributed by atoms with Crippen molar-refractivity contribution >= 4 is 11.8 Å². The average Bonchev–Trinajstić information content (AvgIpc) is 2.84. The first kappa shape index (κ1) is 19.0. The van der Waals surface area contributed by atoms with E-state index in [1.165, 1.54) is 60.3 Å². The second-order valence-electron chi connectivity index (χ2n) is 8.48. The number of ether oxygens (including phenoxy) is 1. The lowest BCUT2D eigenvalue weighted by atomic mass is 9.67. The van der Waals surface area contributed by atoms with E-state index in [0.29, 0.717) is 0 Å². The summed E-state index contributed by atoms with van der Waals surface area (Å²) in [5.74, 6) is 0.950. The quantitative estimate of drug-likeness (QED) is 0.518. The molecule has 5 rings (SSSR count). The highest BCUT2D eigenvalue weighted by atomic mass is 16.5. The highest BCUT2D eigenvalue weighted by Crippen LogP contribution is 2.43. The van der Waals surface area contributed by atoms with Crippen LogP contribution in [0.15, 0.2) is 78.9 Å². The Morgan fingerprint density at radius 3 is 2.23 bits per heavy atom. The van der Waals surface area contributed by atoms with Crippen LogP contribution >= 0.6 is 0 Å². The number of methoxy groups -OCH3 is 1. The minimum absolute atomic E-state index is 0.166. The van der Waals surface area contributed by atoms with E-state index in [0.717, 1.165) is 12.2 Å². The van der Waals surface area contributed by atoms with Gasteiger partial charge < -0.3 is 9.64 Å². The number of fused-ring (bicyclic) bond motifs is 1. The van der Waals surface area contributed by atoms with Gasteiger partial charge in [0.15, 0.2) is 0 Å². The van der Waals surface area contributed by atoms with Crippen LogP contribution in [0.2, 0.25) is 0 Å². The Hall–Kier alpha value is -3.00. The van der Waals surface area contributed by atoms with Crippen molar-refractivity contribution in [3.63, 3.8) is 0 Å². The molecule has 0 N–H and O–H groups in total. The van der Waals surface area contributed by atoms with Gasteiger partial charge >= 0.3 is 0 Å². The first-order valence-electron chi connectivity index (χ1n) is 11.1. The summed E-state index contributed by atoms with van der Waals surface area (Å²) < 4.78 is 5.62. The van der Waals surface area contributed by atoms with E-state index in [1.807, 2.05) is 6.07 Å². The molecule has 3 aromatic rings. The van der Waals surface area contributed by atoms with Crippen molar-refractivity contribution in [2.45, 2.75) is 31.1 Å². The van der Waals surface area contributed by atoms with Crippen LogP contribution in [0.3, 0.4) is 0 Å². The predicted molar refractivity (Wildman–Crippen MR) is 125 cm³/mol. The molecule has 1 atom stereocenters. The van der Waals surface area contributed by atoms with Gasteiger partial charge in [0, 0.05) is 29.8 Å². The number of anilines is 1. The lowest BCUT2D eigenvalue weighted by Gasteiger charge is -2.36. The van der Waals surface area contributed by atoms with E-state index >= 15 is 0 Å². The summed E-state index contributed by atoms with van der Waals surface area (Å²) in [5, 5.41) is 0. The highest BCUT2D eigenvalue weighted by Gasteiger charge is 2.35. The van der Waals surface area contributed by atoms with Gasteiger partial charge in [0.2, 0.25) is 0 Å². The van der Waals surface area contributed by atoms with Crippen molar-refractivity contribution in [1.82, 2.24) is 0 Å². The number of rotatable bonds is 4. The van der Waals surface area contributed by atoms with Crippen molar-refractivity contribution in [3.8, 4) is 5.75 Å². The second-order valence-corrected chi connectivity index (χ2v) is 8.48. The van der Waals surface area contributed by atoms with Crippen LogP contribution in [0.25, 0.3) is 6.08 Å². The average molecular weight is 396 g/mol. The fourth-order valence-electron chi connectivity index (χ4n) is 5.12. The molecule has 1 aliphatic heterocycles. The maximum Gasteiger partial charge on any atom is 0.126 e. The molecule has 30 heavy (non-hydrogen) atoms. The van der Waals surface area contributed by atoms with Gasteiger partial charge in [-0.25, -0.2) is 0 Å². The Balaban J connectivity index is 1.57. The Bertz CT molecular complexity index is 1030. The Kier molecular flexibility index (Phi) is 5.08. The summed E-state index contributed by atoms with van der Waals surface area (Å²) in [7, 11) is 1.75. The Morgan fingerprint density at radius 2 is 1.50 bits per heavy atom. The molecule has 1 aliphatic carbocycles. The maximum atomic E-state index is 5.62. The highest BCUT2D eigenvalue weighted by molar-refractivity contribution is 5.69. The molecule has 1 saturated heterocycles. The summed E-state index contributed by atoms with van der Waals surface area (Å²) in [6.45, 7) is 2.35. The SMILES string of the molecule is COc1cccc2c1C=CC(c1ccccc1)(c1ccc(N3CCCCC3)cc1)C2. The van der Waals surface area contributed by atoms with Crippen molar-refractivity contribution in [2.24, 2.45) is 0 Å². The molecule has 152 valence electrons. The number of hydrogen-bond acceptors (Lipinski definition) is 2. The van der Waals surface area contributed by atoms with Crippen LogP contribution in [0.4, 0.5) is 5.69 Å². The molecule has 1 fully saturated rings. The molecule has 1 heterocycles. The molecular formula is C28H29NO. The van der Waals surface area contributed by atoms with Crippen LogP contribution in [-0.2, 0) is 11.8 Å². The van der Waals surface area contributed by atoms with Gasteiger partial charge in [-0.15, -0.1) is 0 Å². The predicted octanol–water partition coefficient (Wildman–Crippen LogP) is 6.24. The van der Waals surface area contributed by atoms with E-state index < -0.39 is 0 Å². The maximum absolute atomic E-state index is 5.62. The zero-order valence-corrected chi connectivity index (χ0v) is 17.7. The van der Waals surface area contributed by atoms with Crippen LogP contribution in [0, 0.1) is 0 Å². The molecular weight excluding hydrogens is 366 g/mol. The van der Waals surface area contributed by atoms with Gasteiger partial charge in [-0.2, -0.15) is 0 Å². The van der Waals surface area contributed by atoms with Gasteiger partial charge in [-0.3, -0.25) is 0 Å². The van der Waals surface area contributed by atoms with E-state index in [4.69, 9.17) is 4.74 Å². The zero-order valence-electron chi connectivity index (χ0n) is 17.7. The van der Waals surface area contributed by atoms with Crippen LogP contribution in [-0.4, -0.2) is 20.2 Å². The standard InChI is InChI=1S/C28H29NO/c1-30-27-12-8-9-22-21-28(18-17-26(22)27,23-10-4-2-5-11-23)24-13-15-25(16-14-24)29-19-6-3-7-20-29/h2,4-5,8-18H,3,6-7,19-21H2,1H3. The summed E-state index contributed by atoms with van der Waals surface area (Å²) in [6.07, 6.45) is 9.53. The fourth-order valence-corrected chi connectivity index (χ4v) is 5.12. The normalized spacial score (nSPS) is 20.6. The first-order chi connectivity index (χ1) is 14.8. The lowest BCUT2D eigenvalue weighted by molar-refractivity contribution is 0.412. The molecule has 0 bridgehead atoms.